The van der Waals surface area contributed by atoms with Gasteiger partial charge in [0, 0.05) is 6.54 Å². The zero-order valence-corrected chi connectivity index (χ0v) is 17.1. The molecule has 0 amide bonds. The van der Waals surface area contributed by atoms with E-state index in [-0.39, 0.29) is 0 Å². The Bertz CT molecular complexity index is 827. The summed E-state index contributed by atoms with van der Waals surface area (Å²) in [6.45, 7) is 4.12. The van der Waals surface area contributed by atoms with E-state index in [1.165, 1.54) is 48.4 Å². The Labute approximate surface area is 164 Å². The molecule has 2 bridgehead atoms. The minimum absolute atomic E-state index is 0.763. The molecule has 2 nitrogen and oxygen atoms in total. The van der Waals surface area contributed by atoms with Crippen molar-refractivity contribution in [2.75, 3.05) is 27.2 Å². The fourth-order valence-corrected chi connectivity index (χ4v) is 5.00. The van der Waals surface area contributed by atoms with Gasteiger partial charge in [-0.2, -0.15) is 0 Å². The second-order valence-electron chi connectivity index (χ2n) is 8.65. The molecule has 1 saturated carbocycles. The van der Waals surface area contributed by atoms with Gasteiger partial charge in [-0.15, -0.1) is 0 Å². The standard InChI is InChI=1S/C25H33NO/c1-4-5-14-27-23-13-12-20-15-22(11-10-21(20)16-23)25-19-8-6-18(7-9-19)24(25)17-26(2)3/h10-13,15-16,18-19H,4-9,14,17H2,1-3H3. The van der Waals surface area contributed by atoms with Gasteiger partial charge in [-0.1, -0.05) is 31.5 Å². The molecule has 2 heteroatoms. The van der Waals surface area contributed by atoms with Crippen LogP contribution >= 0.6 is 0 Å². The van der Waals surface area contributed by atoms with E-state index in [0.717, 1.165) is 37.2 Å². The quantitative estimate of drug-likeness (QED) is 0.547. The molecule has 2 aromatic rings. The van der Waals surface area contributed by atoms with Gasteiger partial charge >= 0.3 is 0 Å². The van der Waals surface area contributed by atoms with Crippen molar-refractivity contribution in [3.8, 4) is 5.75 Å². The van der Waals surface area contributed by atoms with Crippen molar-refractivity contribution in [3.05, 3.63) is 47.5 Å². The summed E-state index contributed by atoms with van der Waals surface area (Å²) in [6, 6.07) is 13.6. The van der Waals surface area contributed by atoms with Crippen LogP contribution in [-0.2, 0) is 0 Å². The first kappa shape index (κ1) is 18.6. The number of likely N-dealkylation sites (N-methyl/N-ethyl adjacent to an activating group) is 1. The van der Waals surface area contributed by atoms with Crippen molar-refractivity contribution in [2.45, 2.75) is 45.4 Å². The van der Waals surface area contributed by atoms with Crippen molar-refractivity contribution in [3.63, 3.8) is 0 Å². The zero-order valence-electron chi connectivity index (χ0n) is 17.1. The second-order valence-corrected chi connectivity index (χ2v) is 8.65. The summed E-state index contributed by atoms with van der Waals surface area (Å²) in [7, 11) is 4.40. The van der Waals surface area contributed by atoms with Crippen molar-refractivity contribution < 1.29 is 4.74 Å². The topological polar surface area (TPSA) is 12.5 Å². The van der Waals surface area contributed by atoms with Gasteiger partial charge in [-0.05, 0) is 104 Å². The maximum Gasteiger partial charge on any atom is 0.119 e. The van der Waals surface area contributed by atoms with Crippen molar-refractivity contribution in [1.82, 2.24) is 4.90 Å². The van der Waals surface area contributed by atoms with Crippen LogP contribution in [0.2, 0.25) is 0 Å². The van der Waals surface area contributed by atoms with E-state index in [4.69, 9.17) is 4.74 Å². The van der Waals surface area contributed by atoms with Crippen LogP contribution in [-0.4, -0.2) is 32.1 Å². The summed E-state index contributed by atoms with van der Waals surface area (Å²) >= 11 is 0. The largest absolute Gasteiger partial charge is 0.494 e. The fraction of sp³-hybridized carbons (Fsp3) is 0.520. The molecular formula is C25H33NO. The first-order valence-corrected chi connectivity index (χ1v) is 10.7. The molecule has 27 heavy (non-hydrogen) atoms. The average Bonchev–Trinajstić information content (AvgIpc) is 2.68. The van der Waals surface area contributed by atoms with Gasteiger partial charge in [0.25, 0.3) is 0 Å². The molecule has 3 aliphatic rings. The van der Waals surface area contributed by atoms with E-state index in [9.17, 15) is 0 Å². The van der Waals surface area contributed by atoms with E-state index in [0.29, 0.717) is 0 Å². The summed E-state index contributed by atoms with van der Waals surface area (Å²) < 4.78 is 5.89. The molecule has 3 aliphatic carbocycles. The molecule has 0 saturated heterocycles. The average molecular weight is 364 g/mol. The first-order chi connectivity index (χ1) is 13.2. The van der Waals surface area contributed by atoms with Crippen LogP contribution in [0, 0.1) is 11.8 Å². The Balaban J connectivity index is 1.67. The summed E-state index contributed by atoms with van der Waals surface area (Å²) in [6.07, 6.45) is 7.82. The van der Waals surface area contributed by atoms with E-state index >= 15 is 0 Å². The smallest absolute Gasteiger partial charge is 0.119 e. The van der Waals surface area contributed by atoms with E-state index in [1.807, 2.05) is 0 Å². The SMILES string of the molecule is CCCCOc1ccc2cc(C3=C(CN(C)C)C4CCC3CC4)ccc2c1. The minimum Gasteiger partial charge on any atom is -0.494 e. The molecule has 0 spiro atoms. The monoisotopic (exact) mass is 363 g/mol. The van der Waals surface area contributed by atoms with Crippen molar-refractivity contribution >= 4 is 16.3 Å². The van der Waals surface area contributed by atoms with E-state index < -0.39 is 0 Å². The van der Waals surface area contributed by atoms with Crippen LogP contribution in [0.25, 0.3) is 16.3 Å². The minimum atomic E-state index is 0.763. The number of fused-ring (bicyclic) bond motifs is 3. The second kappa shape index (κ2) is 8.06. The summed E-state index contributed by atoms with van der Waals surface area (Å²) in [5.41, 5.74) is 4.83. The number of rotatable bonds is 7. The molecule has 0 N–H and O–H groups in total. The first-order valence-electron chi connectivity index (χ1n) is 10.7. The fourth-order valence-electron chi connectivity index (χ4n) is 5.00. The Kier molecular flexibility index (Phi) is 5.54. The molecule has 0 aromatic heterocycles. The predicted molar refractivity (Wildman–Crippen MR) is 115 cm³/mol. The third-order valence-corrected chi connectivity index (χ3v) is 6.35. The summed E-state index contributed by atoms with van der Waals surface area (Å²) in [5, 5.41) is 2.61. The number of allylic oxidation sites excluding steroid dienone is 1. The lowest BCUT2D eigenvalue weighted by Crippen LogP contribution is -2.31. The van der Waals surface area contributed by atoms with Crippen LogP contribution in [0.5, 0.6) is 5.75 Å². The molecule has 144 valence electrons. The molecular weight excluding hydrogens is 330 g/mol. The van der Waals surface area contributed by atoms with Crippen LogP contribution < -0.4 is 4.74 Å². The lowest BCUT2D eigenvalue weighted by molar-refractivity contribution is 0.299. The highest BCUT2D eigenvalue weighted by Gasteiger charge is 2.35. The third kappa shape index (κ3) is 3.91. The molecule has 1 fully saturated rings. The highest BCUT2D eigenvalue weighted by Crippen LogP contribution is 2.49. The maximum atomic E-state index is 5.89. The van der Waals surface area contributed by atoms with E-state index in [2.05, 4.69) is 62.3 Å². The summed E-state index contributed by atoms with van der Waals surface area (Å²) in [5.74, 6) is 2.56. The lowest BCUT2D eigenvalue weighted by atomic mass is 9.65. The van der Waals surface area contributed by atoms with Gasteiger partial charge in [-0.3, -0.25) is 0 Å². The van der Waals surface area contributed by atoms with Crippen LogP contribution in [0.1, 0.15) is 51.0 Å². The number of hydrogen-bond acceptors (Lipinski definition) is 2. The Hall–Kier alpha value is -1.80. The molecule has 0 aliphatic heterocycles. The number of nitrogens with zero attached hydrogens (tertiary/aromatic N) is 1. The van der Waals surface area contributed by atoms with Crippen LogP contribution in [0.3, 0.4) is 0 Å². The molecule has 0 unspecified atom stereocenters. The Morgan fingerprint density at radius 2 is 1.63 bits per heavy atom. The molecule has 0 radical (unpaired) electrons. The normalized spacial score (nSPS) is 22.1. The lowest BCUT2D eigenvalue weighted by Gasteiger charge is -2.41. The van der Waals surface area contributed by atoms with Gasteiger partial charge in [0.15, 0.2) is 0 Å². The number of benzene rings is 2. The Morgan fingerprint density at radius 1 is 0.926 bits per heavy atom. The zero-order chi connectivity index (χ0) is 18.8. The van der Waals surface area contributed by atoms with Crippen molar-refractivity contribution in [1.29, 1.82) is 0 Å². The molecule has 0 atom stereocenters. The molecule has 2 aromatic carbocycles. The Morgan fingerprint density at radius 3 is 2.37 bits per heavy atom. The predicted octanol–water partition coefficient (Wildman–Crippen LogP) is 6.15. The summed E-state index contributed by atoms with van der Waals surface area (Å²) in [4.78, 5) is 2.34. The van der Waals surface area contributed by atoms with Gasteiger partial charge < -0.3 is 9.64 Å². The molecule has 5 rings (SSSR count). The molecule has 0 heterocycles. The van der Waals surface area contributed by atoms with Crippen LogP contribution in [0.15, 0.2) is 42.0 Å². The van der Waals surface area contributed by atoms with Gasteiger partial charge in [-0.25, -0.2) is 0 Å². The number of hydrogen-bond donors (Lipinski definition) is 0. The van der Waals surface area contributed by atoms with E-state index in [1.54, 1.807) is 11.1 Å². The number of unbranched alkanes of at least 4 members (excludes halogenated alkanes) is 1. The maximum absolute atomic E-state index is 5.89. The van der Waals surface area contributed by atoms with Crippen molar-refractivity contribution in [2.24, 2.45) is 11.8 Å². The highest BCUT2D eigenvalue weighted by molar-refractivity contribution is 5.88. The third-order valence-electron chi connectivity index (χ3n) is 6.35. The number of ether oxygens (including phenoxy) is 1. The van der Waals surface area contributed by atoms with Gasteiger partial charge in [0.2, 0.25) is 0 Å². The highest BCUT2D eigenvalue weighted by atomic mass is 16.5. The van der Waals surface area contributed by atoms with Crippen LogP contribution in [0.4, 0.5) is 0 Å². The van der Waals surface area contributed by atoms with Gasteiger partial charge in [0.1, 0.15) is 5.75 Å². The van der Waals surface area contributed by atoms with Gasteiger partial charge in [0.05, 0.1) is 6.61 Å².